The molecule has 5 rings (SSSR count). The van der Waals surface area contributed by atoms with Crippen molar-refractivity contribution in [3.8, 4) is 11.6 Å². The minimum absolute atomic E-state index is 0.0215. The van der Waals surface area contributed by atoms with Crippen LogP contribution in [0.5, 0.6) is 11.6 Å². The third kappa shape index (κ3) is 4.07. The standard InChI is InChI=1S/C23H26N4O4/c1-29-17-3-2-16-12-20(26-19(16)13-17)22(28)27-9-5-23(6-10-27)14-18(4-11-30-23)31-21-15-24-7-8-25-21/h2-3,7-8,12-13,15,18,26H,4-6,9-11,14H2,1H3/t18-/m0/s1. The highest BCUT2D eigenvalue weighted by Gasteiger charge is 2.42. The van der Waals surface area contributed by atoms with Gasteiger partial charge in [-0.05, 0) is 31.0 Å². The van der Waals surface area contributed by atoms with Crippen molar-refractivity contribution in [2.24, 2.45) is 0 Å². The highest BCUT2D eigenvalue weighted by atomic mass is 16.5. The lowest BCUT2D eigenvalue weighted by atomic mass is 9.83. The summed E-state index contributed by atoms with van der Waals surface area (Å²) in [6.07, 6.45) is 8.19. The summed E-state index contributed by atoms with van der Waals surface area (Å²) in [7, 11) is 1.63. The number of H-pyrrole nitrogens is 1. The van der Waals surface area contributed by atoms with Crippen molar-refractivity contribution in [2.45, 2.75) is 37.4 Å². The number of fused-ring (bicyclic) bond motifs is 1. The number of hydrogen-bond acceptors (Lipinski definition) is 6. The van der Waals surface area contributed by atoms with Crippen LogP contribution in [0.2, 0.25) is 0 Å². The molecule has 2 saturated heterocycles. The number of hydrogen-bond donors (Lipinski definition) is 1. The lowest BCUT2D eigenvalue weighted by molar-refractivity contribution is -0.135. The second kappa shape index (κ2) is 8.19. The van der Waals surface area contributed by atoms with Crippen molar-refractivity contribution in [3.63, 3.8) is 0 Å². The molecule has 2 aliphatic rings. The number of aromatic amines is 1. The molecule has 0 aliphatic carbocycles. The summed E-state index contributed by atoms with van der Waals surface area (Å²) in [6.45, 7) is 1.98. The average molecular weight is 422 g/mol. The minimum Gasteiger partial charge on any atom is -0.497 e. The Kier molecular flexibility index (Phi) is 5.23. The number of nitrogens with zero attached hydrogens (tertiary/aromatic N) is 3. The molecular weight excluding hydrogens is 396 g/mol. The maximum absolute atomic E-state index is 13.1. The topological polar surface area (TPSA) is 89.6 Å². The predicted molar refractivity (Wildman–Crippen MR) is 114 cm³/mol. The van der Waals surface area contributed by atoms with Gasteiger partial charge in [0.15, 0.2) is 0 Å². The van der Waals surface area contributed by atoms with Crippen LogP contribution in [-0.4, -0.2) is 64.3 Å². The summed E-state index contributed by atoms with van der Waals surface area (Å²) >= 11 is 0. The van der Waals surface area contributed by atoms with Crippen LogP contribution in [0.1, 0.15) is 36.2 Å². The molecule has 8 heteroatoms. The van der Waals surface area contributed by atoms with Gasteiger partial charge in [-0.1, -0.05) is 0 Å². The molecule has 2 fully saturated rings. The number of methoxy groups -OCH3 is 1. The highest BCUT2D eigenvalue weighted by molar-refractivity contribution is 5.98. The van der Waals surface area contributed by atoms with Gasteiger partial charge in [-0.3, -0.25) is 9.78 Å². The van der Waals surface area contributed by atoms with Crippen molar-refractivity contribution in [1.82, 2.24) is 19.9 Å². The highest BCUT2D eigenvalue weighted by Crippen LogP contribution is 2.36. The Morgan fingerprint density at radius 1 is 1.26 bits per heavy atom. The summed E-state index contributed by atoms with van der Waals surface area (Å²) < 4.78 is 17.5. The van der Waals surface area contributed by atoms with Gasteiger partial charge in [-0.25, -0.2) is 4.98 Å². The van der Waals surface area contributed by atoms with Crippen molar-refractivity contribution < 1.29 is 19.0 Å². The lowest BCUT2D eigenvalue weighted by Gasteiger charge is -2.45. The van der Waals surface area contributed by atoms with Gasteiger partial charge in [0, 0.05) is 55.3 Å². The molecule has 1 N–H and O–H groups in total. The summed E-state index contributed by atoms with van der Waals surface area (Å²) in [4.78, 5) is 26.5. The smallest absolute Gasteiger partial charge is 0.270 e. The Hall–Kier alpha value is -3.13. The van der Waals surface area contributed by atoms with Gasteiger partial charge in [0.1, 0.15) is 17.5 Å². The number of carbonyl (C=O) groups excluding carboxylic acids is 1. The van der Waals surface area contributed by atoms with Gasteiger partial charge in [0.2, 0.25) is 5.88 Å². The zero-order chi connectivity index (χ0) is 21.3. The molecule has 8 nitrogen and oxygen atoms in total. The molecule has 1 amide bonds. The number of benzene rings is 1. The molecule has 0 bridgehead atoms. The van der Waals surface area contributed by atoms with Crippen LogP contribution >= 0.6 is 0 Å². The molecule has 3 aromatic rings. The van der Waals surface area contributed by atoms with E-state index in [2.05, 4.69) is 15.0 Å². The van der Waals surface area contributed by atoms with Gasteiger partial charge in [-0.15, -0.1) is 0 Å². The first-order valence-electron chi connectivity index (χ1n) is 10.7. The summed E-state index contributed by atoms with van der Waals surface area (Å²) in [5.74, 6) is 1.33. The molecule has 1 aromatic carbocycles. The van der Waals surface area contributed by atoms with Crippen LogP contribution in [0.4, 0.5) is 0 Å². The molecule has 0 unspecified atom stereocenters. The SMILES string of the molecule is COc1ccc2cc(C(=O)N3CCC4(CC3)C[C@@H](Oc3cnccn3)CCO4)[nH]c2c1. The number of piperidine rings is 1. The Labute approximate surface area is 180 Å². The Morgan fingerprint density at radius 2 is 2.13 bits per heavy atom. The Balaban J connectivity index is 1.23. The first-order chi connectivity index (χ1) is 15.1. The third-order valence-electron chi connectivity index (χ3n) is 6.30. The molecule has 4 heterocycles. The van der Waals surface area contributed by atoms with Crippen LogP contribution in [0.3, 0.4) is 0 Å². The molecule has 31 heavy (non-hydrogen) atoms. The lowest BCUT2D eigenvalue weighted by Crippen LogP contribution is -2.52. The predicted octanol–water partition coefficient (Wildman–Crippen LogP) is 3.20. The average Bonchev–Trinajstić information content (AvgIpc) is 3.23. The first kappa shape index (κ1) is 19.8. The molecule has 2 aliphatic heterocycles. The van der Waals surface area contributed by atoms with Crippen molar-refractivity contribution in [3.05, 3.63) is 48.5 Å². The fraction of sp³-hybridized carbons (Fsp3) is 0.435. The van der Waals surface area contributed by atoms with Crippen molar-refractivity contribution in [1.29, 1.82) is 0 Å². The molecular formula is C23H26N4O4. The van der Waals surface area contributed by atoms with E-state index in [0.717, 1.165) is 42.3 Å². The zero-order valence-electron chi connectivity index (χ0n) is 17.5. The number of ether oxygens (including phenoxy) is 3. The molecule has 1 atom stereocenters. The minimum atomic E-state index is -0.240. The van der Waals surface area contributed by atoms with E-state index >= 15 is 0 Å². The van der Waals surface area contributed by atoms with Crippen LogP contribution in [0.25, 0.3) is 10.9 Å². The van der Waals surface area contributed by atoms with E-state index in [1.165, 1.54) is 0 Å². The van der Waals surface area contributed by atoms with Crippen molar-refractivity contribution in [2.75, 3.05) is 26.8 Å². The Bertz CT molecular complexity index is 1060. The largest absolute Gasteiger partial charge is 0.497 e. The van der Waals surface area contributed by atoms with E-state index in [0.29, 0.717) is 31.3 Å². The van der Waals surface area contributed by atoms with E-state index in [1.54, 1.807) is 25.7 Å². The maximum atomic E-state index is 13.1. The van der Waals surface area contributed by atoms with Crippen LogP contribution in [0, 0.1) is 0 Å². The second-order valence-corrected chi connectivity index (χ2v) is 8.24. The molecule has 1 spiro atoms. The fourth-order valence-corrected chi connectivity index (χ4v) is 4.58. The van der Waals surface area contributed by atoms with E-state index in [1.807, 2.05) is 29.2 Å². The number of nitrogens with one attached hydrogen (secondary N) is 1. The number of carbonyl (C=O) groups is 1. The maximum Gasteiger partial charge on any atom is 0.270 e. The fourth-order valence-electron chi connectivity index (χ4n) is 4.58. The first-order valence-corrected chi connectivity index (χ1v) is 10.7. The van der Waals surface area contributed by atoms with Gasteiger partial charge in [-0.2, -0.15) is 0 Å². The quantitative estimate of drug-likeness (QED) is 0.695. The summed E-state index contributed by atoms with van der Waals surface area (Å²) in [5.41, 5.74) is 1.26. The van der Waals surface area contributed by atoms with Gasteiger partial charge >= 0.3 is 0 Å². The number of amides is 1. The molecule has 162 valence electrons. The van der Waals surface area contributed by atoms with Gasteiger partial charge in [0.05, 0.1) is 25.5 Å². The molecule has 0 radical (unpaired) electrons. The monoisotopic (exact) mass is 422 g/mol. The number of likely N-dealkylation sites (tertiary alicyclic amines) is 1. The number of aromatic nitrogens is 3. The van der Waals surface area contributed by atoms with Crippen LogP contribution in [0.15, 0.2) is 42.9 Å². The van der Waals surface area contributed by atoms with Crippen LogP contribution in [-0.2, 0) is 4.74 Å². The van der Waals surface area contributed by atoms with E-state index in [9.17, 15) is 4.79 Å². The zero-order valence-corrected chi connectivity index (χ0v) is 17.5. The van der Waals surface area contributed by atoms with Crippen LogP contribution < -0.4 is 9.47 Å². The summed E-state index contributed by atoms with van der Waals surface area (Å²) in [5, 5.41) is 0.997. The molecule has 2 aromatic heterocycles. The Morgan fingerprint density at radius 3 is 2.90 bits per heavy atom. The summed E-state index contributed by atoms with van der Waals surface area (Å²) in [6, 6.07) is 7.67. The van der Waals surface area contributed by atoms with E-state index < -0.39 is 0 Å². The van der Waals surface area contributed by atoms with E-state index in [-0.39, 0.29) is 17.6 Å². The van der Waals surface area contributed by atoms with Gasteiger partial charge < -0.3 is 24.1 Å². The molecule has 0 saturated carbocycles. The van der Waals surface area contributed by atoms with Crippen molar-refractivity contribution >= 4 is 16.8 Å². The normalized spacial score (nSPS) is 20.7. The second-order valence-electron chi connectivity index (χ2n) is 8.24. The third-order valence-corrected chi connectivity index (χ3v) is 6.30. The van der Waals surface area contributed by atoms with E-state index in [4.69, 9.17) is 14.2 Å². The van der Waals surface area contributed by atoms with Gasteiger partial charge in [0.25, 0.3) is 5.91 Å². The number of rotatable bonds is 4.